The number of ether oxygens (including phenoxy) is 1. The number of rotatable bonds is 5. The molecule has 9 nitrogen and oxygen atoms in total. The Hall–Kier alpha value is -2.94. The van der Waals surface area contributed by atoms with Crippen molar-refractivity contribution in [3.05, 3.63) is 29.8 Å². The largest absolute Gasteiger partial charge is 0.462 e. The molecule has 1 atom stereocenters. The average molecular weight is 387 g/mol. The number of piperazine rings is 1. The Morgan fingerprint density at radius 2 is 1.89 bits per heavy atom. The third kappa shape index (κ3) is 4.86. The summed E-state index contributed by atoms with van der Waals surface area (Å²) in [6.07, 6.45) is -0.0147. The molecular weight excluding hydrogens is 362 g/mol. The molecule has 150 valence electrons. The van der Waals surface area contributed by atoms with E-state index in [2.05, 4.69) is 27.6 Å². The van der Waals surface area contributed by atoms with Gasteiger partial charge in [-0.3, -0.25) is 9.59 Å². The quantitative estimate of drug-likeness (QED) is 0.700. The number of carbonyl (C=O) groups excluding carboxylic acids is 3. The van der Waals surface area contributed by atoms with Crippen LogP contribution in [0.4, 0.5) is 5.69 Å². The van der Waals surface area contributed by atoms with Crippen molar-refractivity contribution in [1.29, 1.82) is 0 Å². The summed E-state index contributed by atoms with van der Waals surface area (Å²) in [5.41, 5.74) is 0.960. The summed E-state index contributed by atoms with van der Waals surface area (Å²) in [6, 6.07) is 5.76. The van der Waals surface area contributed by atoms with Crippen molar-refractivity contribution in [1.82, 2.24) is 15.1 Å². The number of hydrogen-bond acceptors (Lipinski definition) is 7. The van der Waals surface area contributed by atoms with E-state index < -0.39 is 12.0 Å². The van der Waals surface area contributed by atoms with E-state index in [4.69, 9.17) is 4.74 Å². The van der Waals surface area contributed by atoms with Gasteiger partial charge in [0.2, 0.25) is 11.9 Å². The maximum absolute atomic E-state index is 12.3. The van der Waals surface area contributed by atoms with Crippen molar-refractivity contribution in [3.63, 3.8) is 0 Å². The lowest BCUT2D eigenvalue weighted by Crippen LogP contribution is -2.51. The van der Waals surface area contributed by atoms with Gasteiger partial charge >= 0.3 is 5.97 Å². The van der Waals surface area contributed by atoms with E-state index in [-0.39, 0.29) is 18.2 Å². The topological polar surface area (TPSA) is 103 Å². The van der Waals surface area contributed by atoms with Gasteiger partial charge in [0.05, 0.1) is 18.6 Å². The zero-order valence-electron chi connectivity index (χ0n) is 16.1. The molecule has 1 aromatic carbocycles. The highest BCUT2D eigenvalue weighted by Gasteiger charge is 2.32. The molecule has 0 bridgehead atoms. The summed E-state index contributed by atoms with van der Waals surface area (Å²) in [5.74, 6) is -0.490. The highest BCUT2D eigenvalue weighted by Crippen LogP contribution is 2.13. The van der Waals surface area contributed by atoms with Crippen LogP contribution in [0.5, 0.6) is 0 Å². The second-order valence-electron chi connectivity index (χ2n) is 6.81. The van der Waals surface area contributed by atoms with E-state index in [0.717, 1.165) is 26.2 Å². The molecule has 0 saturated carbocycles. The number of likely N-dealkylation sites (N-methyl/N-ethyl adjacent to an activating group) is 1. The average Bonchev–Trinajstić information content (AvgIpc) is 3.03. The summed E-state index contributed by atoms with van der Waals surface area (Å²) < 4.78 is 4.92. The van der Waals surface area contributed by atoms with Gasteiger partial charge in [0.1, 0.15) is 6.04 Å². The maximum Gasteiger partial charge on any atom is 0.338 e. The molecule has 2 N–H and O–H groups in total. The third-order valence-corrected chi connectivity index (χ3v) is 4.69. The fraction of sp³-hybridized carbons (Fsp3) is 0.474. The third-order valence-electron chi connectivity index (χ3n) is 4.69. The Kier molecular flexibility index (Phi) is 6.25. The predicted octanol–water partition coefficient (Wildman–Crippen LogP) is 0.294. The Balaban J connectivity index is 1.50. The molecule has 2 aliphatic heterocycles. The Morgan fingerprint density at radius 3 is 2.54 bits per heavy atom. The van der Waals surface area contributed by atoms with Gasteiger partial charge < -0.3 is 25.2 Å². The number of esters is 1. The molecule has 1 aromatic rings. The number of nitrogens with zero attached hydrogens (tertiary/aromatic N) is 3. The fourth-order valence-corrected chi connectivity index (χ4v) is 3.05. The molecule has 0 aliphatic carbocycles. The van der Waals surface area contributed by atoms with Crippen molar-refractivity contribution in [2.75, 3.05) is 45.2 Å². The highest BCUT2D eigenvalue weighted by atomic mass is 16.5. The molecular formula is C19H25N5O4. The lowest BCUT2D eigenvalue weighted by molar-refractivity contribution is -0.123. The van der Waals surface area contributed by atoms with Crippen LogP contribution in [0.15, 0.2) is 29.3 Å². The first kappa shape index (κ1) is 19.8. The van der Waals surface area contributed by atoms with Crippen molar-refractivity contribution in [3.8, 4) is 0 Å². The summed E-state index contributed by atoms with van der Waals surface area (Å²) in [4.78, 5) is 44.4. The van der Waals surface area contributed by atoms with Crippen LogP contribution in [0.1, 0.15) is 23.7 Å². The zero-order valence-corrected chi connectivity index (χ0v) is 16.1. The van der Waals surface area contributed by atoms with Crippen molar-refractivity contribution < 1.29 is 19.1 Å². The second kappa shape index (κ2) is 8.83. The van der Waals surface area contributed by atoms with E-state index in [1.165, 1.54) is 0 Å². The van der Waals surface area contributed by atoms with Crippen molar-refractivity contribution in [2.45, 2.75) is 19.4 Å². The normalized spacial score (nSPS) is 19.8. The van der Waals surface area contributed by atoms with Crippen LogP contribution in [-0.2, 0) is 14.3 Å². The van der Waals surface area contributed by atoms with Gasteiger partial charge in [-0.15, -0.1) is 0 Å². The van der Waals surface area contributed by atoms with Gasteiger partial charge in [-0.1, -0.05) is 0 Å². The molecule has 2 heterocycles. The minimum atomic E-state index is -0.659. The van der Waals surface area contributed by atoms with E-state index in [1.807, 2.05) is 4.90 Å². The molecule has 3 rings (SSSR count). The fourth-order valence-electron chi connectivity index (χ4n) is 3.05. The van der Waals surface area contributed by atoms with Crippen LogP contribution in [0, 0.1) is 0 Å². The minimum absolute atomic E-state index is 0.0147. The van der Waals surface area contributed by atoms with Crippen LogP contribution in [-0.4, -0.2) is 79.4 Å². The number of nitrogens with one attached hydrogen (secondary N) is 2. The van der Waals surface area contributed by atoms with Gasteiger partial charge in [-0.25, -0.2) is 4.79 Å². The highest BCUT2D eigenvalue weighted by molar-refractivity contribution is 6.05. The molecule has 1 fully saturated rings. The Morgan fingerprint density at radius 1 is 1.21 bits per heavy atom. The summed E-state index contributed by atoms with van der Waals surface area (Å²) >= 11 is 0. The zero-order chi connectivity index (χ0) is 20.1. The minimum Gasteiger partial charge on any atom is -0.462 e. The number of amides is 2. The predicted molar refractivity (Wildman–Crippen MR) is 104 cm³/mol. The molecule has 0 spiro atoms. The maximum atomic E-state index is 12.3. The van der Waals surface area contributed by atoms with E-state index in [9.17, 15) is 14.4 Å². The molecule has 1 unspecified atom stereocenters. The smallest absolute Gasteiger partial charge is 0.338 e. The molecule has 9 heteroatoms. The van der Waals surface area contributed by atoms with Crippen LogP contribution < -0.4 is 10.6 Å². The lowest BCUT2D eigenvalue weighted by Gasteiger charge is -2.33. The molecule has 1 saturated heterocycles. The lowest BCUT2D eigenvalue weighted by atomic mass is 10.1. The number of benzene rings is 1. The molecule has 2 aliphatic rings. The van der Waals surface area contributed by atoms with E-state index in [0.29, 0.717) is 23.8 Å². The van der Waals surface area contributed by atoms with Gasteiger partial charge in [0, 0.05) is 31.9 Å². The van der Waals surface area contributed by atoms with Gasteiger partial charge in [-0.05, 0) is 38.2 Å². The number of anilines is 1. The Labute approximate surface area is 163 Å². The molecule has 28 heavy (non-hydrogen) atoms. The molecule has 0 radical (unpaired) electrons. The number of carbonyl (C=O) groups is 3. The summed E-state index contributed by atoms with van der Waals surface area (Å²) in [7, 11) is 2.05. The van der Waals surface area contributed by atoms with Gasteiger partial charge in [0.15, 0.2) is 0 Å². The Bertz CT molecular complexity index is 769. The van der Waals surface area contributed by atoms with Crippen LogP contribution >= 0.6 is 0 Å². The SMILES string of the molecule is CCOC(=O)c1ccc(NC(=O)CC2NC(N3CCN(C)CC3)=NC2=O)cc1. The summed E-state index contributed by atoms with van der Waals surface area (Å²) in [5, 5.41) is 5.80. The van der Waals surface area contributed by atoms with Crippen LogP contribution in [0.3, 0.4) is 0 Å². The summed E-state index contributed by atoms with van der Waals surface area (Å²) in [6.45, 7) is 5.44. The van der Waals surface area contributed by atoms with Crippen LogP contribution in [0.2, 0.25) is 0 Å². The second-order valence-corrected chi connectivity index (χ2v) is 6.81. The first-order valence-electron chi connectivity index (χ1n) is 9.36. The molecule has 0 aromatic heterocycles. The van der Waals surface area contributed by atoms with Crippen molar-refractivity contribution in [2.24, 2.45) is 4.99 Å². The standard InChI is InChI=1S/C19H25N5O4/c1-3-28-18(27)13-4-6-14(7-5-13)20-16(25)12-15-17(26)22-19(21-15)24-10-8-23(2)9-11-24/h4-7,15H,3,8-12H2,1-2H3,(H,20,25)(H,21,22,26). The first-order valence-corrected chi connectivity index (χ1v) is 9.36. The number of guanidine groups is 1. The monoisotopic (exact) mass is 387 g/mol. The van der Waals surface area contributed by atoms with Gasteiger partial charge in [0.25, 0.3) is 5.91 Å². The number of aliphatic imine (C=N–C) groups is 1. The van der Waals surface area contributed by atoms with Crippen LogP contribution in [0.25, 0.3) is 0 Å². The first-order chi connectivity index (χ1) is 13.5. The number of hydrogen-bond donors (Lipinski definition) is 2. The van der Waals surface area contributed by atoms with E-state index >= 15 is 0 Å². The van der Waals surface area contributed by atoms with Gasteiger partial charge in [-0.2, -0.15) is 4.99 Å². The molecule has 2 amide bonds. The van der Waals surface area contributed by atoms with Crippen molar-refractivity contribution >= 4 is 29.4 Å². The van der Waals surface area contributed by atoms with E-state index in [1.54, 1.807) is 31.2 Å².